The Hall–Kier alpha value is -1.64. The Balaban J connectivity index is 1.86. The topological polar surface area (TPSA) is 37.4 Å². The number of ketones is 1. The lowest BCUT2D eigenvalue weighted by atomic mass is 9.88. The van der Waals surface area contributed by atoms with Crippen LogP contribution in [-0.2, 0) is 4.79 Å². The highest BCUT2D eigenvalue weighted by Gasteiger charge is 2.23. The molecule has 0 spiro atoms. The maximum absolute atomic E-state index is 12.2. The molecule has 1 saturated heterocycles. The molecular weight excluding hydrogens is 274 g/mol. The van der Waals surface area contributed by atoms with Gasteiger partial charge >= 0.3 is 0 Å². The fourth-order valence-electron chi connectivity index (χ4n) is 3.02. The predicted octanol–water partition coefficient (Wildman–Crippen LogP) is 4.03. The zero-order valence-corrected chi connectivity index (χ0v) is 14.0. The fourth-order valence-corrected chi connectivity index (χ4v) is 3.02. The van der Waals surface area contributed by atoms with Crippen LogP contribution in [0.15, 0.2) is 24.3 Å². The van der Waals surface area contributed by atoms with Gasteiger partial charge in [0.1, 0.15) is 0 Å². The molecule has 0 bridgehead atoms. The molecule has 0 saturated carbocycles. The van der Waals surface area contributed by atoms with Gasteiger partial charge in [0.15, 0.2) is 5.78 Å². The molecule has 1 heterocycles. The first-order valence-electron chi connectivity index (χ1n) is 8.36. The van der Waals surface area contributed by atoms with E-state index in [1.807, 2.05) is 17.0 Å². The molecule has 3 heteroatoms. The summed E-state index contributed by atoms with van der Waals surface area (Å²) in [6.07, 6.45) is 3.70. The second kappa shape index (κ2) is 7.57. The lowest BCUT2D eigenvalue weighted by Crippen LogP contribution is -2.37. The van der Waals surface area contributed by atoms with E-state index in [1.54, 1.807) is 6.92 Å². The van der Waals surface area contributed by atoms with Gasteiger partial charge in [-0.2, -0.15) is 0 Å². The van der Waals surface area contributed by atoms with Gasteiger partial charge < -0.3 is 4.90 Å². The molecule has 0 unspecified atom stereocenters. The van der Waals surface area contributed by atoms with E-state index in [9.17, 15) is 9.59 Å². The average molecular weight is 301 g/mol. The number of hydrogen-bond acceptors (Lipinski definition) is 2. The van der Waals surface area contributed by atoms with Crippen LogP contribution in [-0.4, -0.2) is 29.7 Å². The molecule has 2 rings (SSSR count). The Morgan fingerprint density at radius 3 is 2.23 bits per heavy atom. The molecule has 0 N–H and O–H groups in total. The molecule has 22 heavy (non-hydrogen) atoms. The van der Waals surface area contributed by atoms with Crippen molar-refractivity contribution in [2.24, 2.45) is 5.92 Å². The molecule has 1 amide bonds. The van der Waals surface area contributed by atoms with Crippen molar-refractivity contribution in [3.05, 3.63) is 35.4 Å². The van der Waals surface area contributed by atoms with Crippen molar-refractivity contribution in [3.8, 4) is 0 Å². The minimum atomic E-state index is 0.108. The van der Waals surface area contributed by atoms with Crippen LogP contribution in [0.25, 0.3) is 0 Å². The number of nitrogens with zero attached hydrogens (tertiary/aromatic N) is 1. The van der Waals surface area contributed by atoms with E-state index in [1.165, 1.54) is 5.56 Å². The maximum Gasteiger partial charge on any atom is 0.222 e. The molecule has 0 aliphatic carbocycles. The molecule has 3 nitrogen and oxygen atoms in total. The van der Waals surface area contributed by atoms with E-state index in [2.05, 4.69) is 26.0 Å². The fraction of sp³-hybridized carbons (Fsp3) is 0.579. The van der Waals surface area contributed by atoms with Crippen LogP contribution in [0, 0.1) is 5.92 Å². The lowest BCUT2D eigenvalue weighted by Gasteiger charge is -2.32. The van der Waals surface area contributed by atoms with Crippen LogP contribution in [0.2, 0.25) is 0 Å². The van der Waals surface area contributed by atoms with Gasteiger partial charge in [-0.15, -0.1) is 0 Å². The number of hydrogen-bond donors (Lipinski definition) is 0. The second-order valence-corrected chi connectivity index (χ2v) is 6.77. The summed E-state index contributed by atoms with van der Waals surface area (Å²) in [5.74, 6) is 1.51. The van der Waals surface area contributed by atoms with Crippen LogP contribution in [0.5, 0.6) is 0 Å². The number of benzene rings is 1. The summed E-state index contributed by atoms with van der Waals surface area (Å²) >= 11 is 0. The van der Waals surface area contributed by atoms with E-state index in [-0.39, 0.29) is 5.78 Å². The van der Waals surface area contributed by atoms with E-state index < -0.39 is 0 Å². The van der Waals surface area contributed by atoms with Gasteiger partial charge in [0.05, 0.1) is 0 Å². The zero-order valence-electron chi connectivity index (χ0n) is 14.0. The first-order valence-corrected chi connectivity index (χ1v) is 8.36. The van der Waals surface area contributed by atoms with Gasteiger partial charge in [0.2, 0.25) is 5.91 Å². The zero-order chi connectivity index (χ0) is 16.1. The highest BCUT2D eigenvalue weighted by Crippen LogP contribution is 2.28. The minimum Gasteiger partial charge on any atom is -0.343 e. The van der Waals surface area contributed by atoms with Crippen LogP contribution < -0.4 is 0 Å². The average Bonchev–Trinajstić information content (AvgIpc) is 2.53. The van der Waals surface area contributed by atoms with Crippen LogP contribution in [0.3, 0.4) is 0 Å². The van der Waals surface area contributed by atoms with Crippen LogP contribution in [0.4, 0.5) is 0 Å². The van der Waals surface area contributed by atoms with Gasteiger partial charge in [-0.3, -0.25) is 9.59 Å². The SMILES string of the molecule is CC(=O)c1ccc(C2CCN(C(=O)CCC(C)C)CC2)cc1. The normalized spacial score (nSPS) is 16.1. The largest absolute Gasteiger partial charge is 0.343 e. The molecule has 1 aliphatic rings. The van der Waals surface area contributed by atoms with Crippen molar-refractivity contribution in [2.45, 2.75) is 52.4 Å². The summed E-state index contributed by atoms with van der Waals surface area (Å²) in [6, 6.07) is 7.96. The summed E-state index contributed by atoms with van der Waals surface area (Å²) in [4.78, 5) is 25.5. The molecular formula is C19H27NO2. The van der Waals surface area contributed by atoms with Crippen molar-refractivity contribution in [3.63, 3.8) is 0 Å². The Morgan fingerprint density at radius 2 is 1.73 bits per heavy atom. The molecule has 120 valence electrons. The third kappa shape index (κ3) is 4.43. The first-order chi connectivity index (χ1) is 10.5. The number of piperidine rings is 1. The molecule has 1 aromatic rings. The predicted molar refractivity (Wildman–Crippen MR) is 89.1 cm³/mol. The molecule has 1 fully saturated rings. The maximum atomic E-state index is 12.2. The number of amides is 1. The van der Waals surface area contributed by atoms with Crippen molar-refractivity contribution in [2.75, 3.05) is 13.1 Å². The van der Waals surface area contributed by atoms with Crippen LogP contribution in [0.1, 0.15) is 68.3 Å². The van der Waals surface area contributed by atoms with Crippen molar-refractivity contribution < 1.29 is 9.59 Å². The summed E-state index contributed by atoms with van der Waals surface area (Å²) in [6.45, 7) is 7.62. The van der Waals surface area contributed by atoms with E-state index >= 15 is 0 Å². The van der Waals surface area contributed by atoms with Gasteiger partial charge in [0, 0.05) is 25.1 Å². The highest BCUT2D eigenvalue weighted by atomic mass is 16.2. The number of rotatable bonds is 5. The monoisotopic (exact) mass is 301 g/mol. The third-order valence-corrected chi connectivity index (χ3v) is 4.57. The standard InChI is InChI=1S/C19H27NO2/c1-14(2)4-9-19(22)20-12-10-18(11-13-20)17-7-5-16(6-8-17)15(3)21/h5-8,14,18H,4,9-13H2,1-3H3. The van der Waals surface area contributed by atoms with Gasteiger partial charge in [-0.25, -0.2) is 0 Å². The quantitative estimate of drug-likeness (QED) is 0.770. The molecule has 1 aromatic carbocycles. The second-order valence-electron chi connectivity index (χ2n) is 6.77. The Kier molecular flexibility index (Phi) is 5.76. The van der Waals surface area contributed by atoms with E-state index in [4.69, 9.17) is 0 Å². The highest BCUT2D eigenvalue weighted by molar-refractivity contribution is 5.94. The minimum absolute atomic E-state index is 0.108. The van der Waals surface area contributed by atoms with Crippen molar-refractivity contribution in [1.82, 2.24) is 4.90 Å². The lowest BCUT2D eigenvalue weighted by molar-refractivity contribution is -0.132. The third-order valence-electron chi connectivity index (χ3n) is 4.57. The number of Topliss-reactive ketones (excluding diaryl/α,β-unsaturated/α-hetero) is 1. The first kappa shape index (κ1) is 16.7. The summed E-state index contributed by atoms with van der Waals surface area (Å²) < 4.78 is 0. The number of likely N-dealkylation sites (tertiary alicyclic amines) is 1. The van der Waals surface area contributed by atoms with E-state index in [0.29, 0.717) is 24.2 Å². The molecule has 0 aromatic heterocycles. The number of carbonyl (C=O) groups is 2. The Bertz CT molecular complexity index is 511. The number of carbonyl (C=O) groups excluding carboxylic acids is 2. The Morgan fingerprint density at radius 1 is 1.14 bits per heavy atom. The summed E-state index contributed by atoms with van der Waals surface area (Å²) in [7, 11) is 0. The molecule has 1 aliphatic heterocycles. The van der Waals surface area contributed by atoms with Crippen LogP contribution >= 0.6 is 0 Å². The Labute approximate surface area is 133 Å². The van der Waals surface area contributed by atoms with Gasteiger partial charge in [-0.05, 0) is 43.6 Å². The molecule has 0 radical (unpaired) electrons. The summed E-state index contributed by atoms with van der Waals surface area (Å²) in [5, 5.41) is 0. The van der Waals surface area contributed by atoms with Crippen molar-refractivity contribution in [1.29, 1.82) is 0 Å². The van der Waals surface area contributed by atoms with Gasteiger partial charge in [-0.1, -0.05) is 38.1 Å². The van der Waals surface area contributed by atoms with Gasteiger partial charge in [0.25, 0.3) is 0 Å². The van der Waals surface area contributed by atoms with E-state index in [0.717, 1.165) is 37.9 Å². The smallest absolute Gasteiger partial charge is 0.222 e. The summed E-state index contributed by atoms with van der Waals surface area (Å²) in [5.41, 5.74) is 2.06. The van der Waals surface area contributed by atoms with Crippen molar-refractivity contribution >= 4 is 11.7 Å². The molecule has 0 atom stereocenters.